The van der Waals surface area contributed by atoms with Gasteiger partial charge in [0.1, 0.15) is 0 Å². The summed E-state index contributed by atoms with van der Waals surface area (Å²) in [4.78, 5) is 2.24. The lowest BCUT2D eigenvalue weighted by Gasteiger charge is -2.33. The van der Waals surface area contributed by atoms with Crippen LogP contribution in [0.5, 0.6) is 0 Å². The van der Waals surface area contributed by atoms with Crippen LogP contribution in [-0.4, -0.2) is 53.8 Å². The molecule has 1 heterocycles. The lowest BCUT2D eigenvalue weighted by atomic mass is 10.1. The smallest absolute Gasteiger partial charge is 0.0942 e. The monoisotopic (exact) mass is 266 g/mol. The van der Waals surface area contributed by atoms with Crippen molar-refractivity contribution in [2.24, 2.45) is 0 Å². The van der Waals surface area contributed by atoms with Crippen molar-refractivity contribution in [1.82, 2.24) is 0 Å². The number of para-hydroxylation sites is 2. The molecule has 4 N–H and O–H groups in total. The molecule has 1 aliphatic rings. The van der Waals surface area contributed by atoms with E-state index in [1.165, 1.54) is 0 Å². The summed E-state index contributed by atoms with van der Waals surface area (Å²) in [7, 11) is 0. The fraction of sp³-hybridized carbons (Fsp3) is 0.571. The normalized spacial score (nSPS) is 18.4. The third kappa shape index (κ3) is 3.83. The molecule has 1 unspecified atom stereocenters. The second-order valence-electron chi connectivity index (χ2n) is 4.95. The van der Waals surface area contributed by atoms with Crippen molar-refractivity contribution in [1.29, 1.82) is 0 Å². The maximum atomic E-state index is 9.55. The molecule has 1 aromatic rings. The van der Waals surface area contributed by atoms with Gasteiger partial charge in [0.25, 0.3) is 0 Å². The first-order valence-corrected chi connectivity index (χ1v) is 6.75. The van der Waals surface area contributed by atoms with E-state index in [1.807, 2.05) is 24.3 Å². The van der Waals surface area contributed by atoms with E-state index in [1.54, 1.807) is 0 Å². The van der Waals surface area contributed by atoms with Crippen LogP contribution >= 0.6 is 0 Å². The highest BCUT2D eigenvalue weighted by atomic mass is 16.3. The fourth-order valence-electron chi connectivity index (χ4n) is 2.30. The van der Waals surface area contributed by atoms with Gasteiger partial charge in [0.2, 0.25) is 0 Å². The Morgan fingerprint density at radius 1 is 1.26 bits per heavy atom. The summed E-state index contributed by atoms with van der Waals surface area (Å²) < 4.78 is 0. The van der Waals surface area contributed by atoms with Gasteiger partial charge >= 0.3 is 0 Å². The second-order valence-corrected chi connectivity index (χ2v) is 4.95. The van der Waals surface area contributed by atoms with Gasteiger partial charge in [0.15, 0.2) is 0 Å². The van der Waals surface area contributed by atoms with Gasteiger partial charge in [-0.05, 0) is 25.0 Å². The Balaban J connectivity index is 2.03. The zero-order chi connectivity index (χ0) is 13.7. The number of benzene rings is 1. The summed E-state index contributed by atoms with van der Waals surface area (Å²) in [5.41, 5.74) is 2.03. The summed E-state index contributed by atoms with van der Waals surface area (Å²) >= 11 is 0. The van der Waals surface area contributed by atoms with E-state index in [2.05, 4.69) is 10.2 Å². The van der Waals surface area contributed by atoms with Gasteiger partial charge in [0, 0.05) is 19.6 Å². The first-order valence-electron chi connectivity index (χ1n) is 6.75. The second kappa shape index (κ2) is 6.75. The molecular formula is C14H22N2O3. The van der Waals surface area contributed by atoms with Gasteiger partial charge < -0.3 is 25.5 Å². The molecule has 0 amide bonds. The van der Waals surface area contributed by atoms with Crippen LogP contribution in [0.3, 0.4) is 0 Å². The van der Waals surface area contributed by atoms with E-state index in [9.17, 15) is 10.2 Å². The largest absolute Gasteiger partial charge is 0.394 e. The molecule has 106 valence electrons. The third-order valence-electron chi connectivity index (χ3n) is 3.45. The predicted octanol–water partition coefficient (Wildman–Crippen LogP) is 0.413. The zero-order valence-corrected chi connectivity index (χ0v) is 11.0. The Morgan fingerprint density at radius 3 is 2.63 bits per heavy atom. The van der Waals surface area contributed by atoms with Crippen LogP contribution in [0.15, 0.2) is 24.3 Å². The van der Waals surface area contributed by atoms with E-state index in [0.717, 1.165) is 37.3 Å². The number of aliphatic hydroxyl groups is 3. The highest BCUT2D eigenvalue weighted by Gasteiger charge is 2.19. The van der Waals surface area contributed by atoms with Crippen molar-refractivity contribution in [2.75, 3.05) is 36.5 Å². The van der Waals surface area contributed by atoms with Crippen molar-refractivity contribution in [3.8, 4) is 0 Å². The number of nitrogens with one attached hydrogen (secondary N) is 1. The molecule has 1 aromatic carbocycles. The quantitative estimate of drug-likeness (QED) is 0.621. The van der Waals surface area contributed by atoms with Crippen molar-refractivity contribution < 1.29 is 15.3 Å². The third-order valence-corrected chi connectivity index (χ3v) is 3.45. The molecule has 0 bridgehead atoms. The summed E-state index contributed by atoms with van der Waals surface area (Å²) in [5.74, 6) is 0. The molecular weight excluding hydrogens is 244 g/mol. The fourth-order valence-corrected chi connectivity index (χ4v) is 2.30. The first-order chi connectivity index (χ1) is 9.20. The Morgan fingerprint density at radius 2 is 1.95 bits per heavy atom. The predicted molar refractivity (Wildman–Crippen MR) is 75.5 cm³/mol. The van der Waals surface area contributed by atoms with Crippen LogP contribution in [0.4, 0.5) is 11.4 Å². The van der Waals surface area contributed by atoms with Crippen molar-refractivity contribution in [2.45, 2.75) is 25.0 Å². The molecule has 1 fully saturated rings. The van der Waals surface area contributed by atoms with E-state index in [4.69, 9.17) is 5.11 Å². The SMILES string of the molecule is OCC(O)CNc1ccccc1N1CCC(O)CC1. The highest BCUT2D eigenvalue weighted by Crippen LogP contribution is 2.28. The maximum absolute atomic E-state index is 9.55. The van der Waals surface area contributed by atoms with Crippen molar-refractivity contribution >= 4 is 11.4 Å². The van der Waals surface area contributed by atoms with Crippen molar-refractivity contribution in [3.63, 3.8) is 0 Å². The van der Waals surface area contributed by atoms with E-state index in [-0.39, 0.29) is 12.7 Å². The molecule has 0 aliphatic carbocycles. The van der Waals surface area contributed by atoms with Crippen LogP contribution in [0.1, 0.15) is 12.8 Å². The average molecular weight is 266 g/mol. The number of aliphatic hydroxyl groups excluding tert-OH is 3. The number of hydrogen-bond donors (Lipinski definition) is 4. The number of rotatable bonds is 5. The highest BCUT2D eigenvalue weighted by molar-refractivity contribution is 5.70. The molecule has 5 heteroatoms. The van der Waals surface area contributed by atoms with Gasteiger partial charge in [0.05, 0.1) is 30.2 Å². The summed E-state index contributed by atoms with van der Waals surface area (Å²) in [6.07, 6.45) is 0.630. The topological polar surface area (TPSA) is 76.0 Å². The minimum atomic E-state index is -0.753. The molecule has 2 rings (SSSR count). The van der Waals surface area contributed by atoms with E-state index < -0.39 is 6.10 Å². The van der Waals surface area contributed by atoms with Crippen LogP contribution < -0.4 is 10.2 Å². The van der Waals surface area contributed by atoms with Gasteiger partial charge in [-0.3, -0.25) is 0 Å². The Kier molecular flexibility index (Phi) is 5.01. The summed E-state index contributed by atoms with van der Waals surface area (Å²) in [6.45, 7) is 1.75. The number of piperidine rings is 1. The number of anilines is 2. The molecule has 0 radical (unpaired) electrons. The zero-order valence-electron chi connectivity index (χ0n) is 11.0. The van der Waals surface area contributed by atoms with Gasteiger partial charge in [-0.15, -0.1) is 0 Å². The molecule has 0 saturated carbocycles. The first kappa shape index (κ1) is 14.1. The van der Waals surface area contributed by atoms with Crippen LogP contribution in [0.25, 0.3) is 0 Å². The van der Waals surface area contributed by atoms with E-state index in [0.29, 0.717) is 6.54 Å². The van der Waals surface area contributed by atoms with Crippen molar-refractivity contribution in [3.05, 3.63) is 24.3 Å². The molecule has 1 atom stereocenters. The van der Waals surface area contributed by atoms with Gasteiger partial charge in [-0.2, -0.15) is 0 Å². The van der Waals surface area contributed by atoms with E-state index >= 15 is 0 Å². The number of hydrogen-bond acceptors (Lipinski definition) is 5. The maximum Gasteiger partial charge on any atom is 0.0942 e. The Bertz CT molecular complexity index is 392. The summed E-state index contributed by atoms with van der Waals surface area (Å²) in [6, 6.07) is 7.92. The minimum Gasteiger partial charge on any atom is -0.394 e. The Hall–Kier alpha value is -1.30. The summed E-state index contributed by atoms with van der Waals surface area (Å²) in [5, 5.41) is 30.9. The van der Waals surface area contributed by atoms with Crippen LogP contribution in [0.2, 0.25) is 0 Å². The van der Waals surface area contributed by atoms with Gasteiger partial charge in [-0.1, -0.05) is 12.1 Å². The molecule has 0 spiro atoms. The Labute approximate surface area is 113 Å². The molecule has 1 saturated heterocycles. The van der Waals surface area contributed by atoms with Crippen LogP contribution in [-0.2, 0) is 0 Å². The molecule has 19 heavy (non-hydrogen) atoms. The number of nitrogens with zero attached hydrogens (tertiary/aromatic N) is 1. The average Bonchev–Trinajstić information content (AvgIpc) is 2.46. The minimum absolute atomic E-state index is 0.187. The van der Waals surface area contributed by atoms with Gasteiger partial charge in [-0.25, -0.2) is 0 Å². The molecule has 0 aromatic heterocycles. The lowest BCUT2D eigenvalue weighted by molar-refractivity contribution is 0.105. The molecule has 1 aliphatic heterocycles. The standard InChI is InChI=1S/C14H22N2O3/c17-10-12(19)9-15-13-3-1-2-4-14(13)16-7-5-11(18)6-8-16/h1-4,11-12,15,17-19H,5-10H2. The lowest BCUT2D eigenvalue weighted by Crippen LogP contribution is -2.36. The molecule has 5 nitrogen and oxygen atoms in total. The van der Waals surface area contributed by atoms with Crippen LogP contribution in [0, 0.1) is 0 Å².